The molecule has 0 saturated heterocycles. The van der Waals surface area contributed by atoms with Gasteiger partial charge in [0.25, 0.3) is 6.43 Å². The Morgan fingerprint density at radius 1 is 1.56 bits per heavy atom. The SMILES string of the molecule is CCOC(=O)Cc1c(OC)ncc(C(F)F)c1Br. The summed E-state index contributed by atoms with van der Waals surface area (Å²) in [6, 6.07) is 0. The normalized spacial score (nSPS) is 10.6. The number of nitrogens with zero attached hydrogens (tertiary/aromatic N) is 1. The van der Waals surface area contributed by atoms with Gasteiger partial charge in [-0.05, 0) is 22.9 Å². The van der Waals surface area contributed by atoms with Crippen LogP contribution >= 0.6 is 15.9 Å². The number of carbonyl (C=O) groups is 1. The van der Waals surface area contributed by atoms with Crippen LogP contribution in [0.15, 0.2) is 10.7 Å². The second-order valence-corrected chi connectivity index (χ2v) is 4.09. The zero-order valence-electron chi connectivity index (χ0n) is 9.87. The van der Waals surface area contributed by atoms with Crippen molar-refractivity contribution < 1.29 is 23.0 Å². The van der Waals surface area contributed by atoms with Crippen LogP contribution in [0.25, 0.3) is 0 Å². The second-order valence-electron chi connectivity index (χ2n) is 3.30. The smallest absolute Gasteiger partial charge is 0.310 e. The highest BCUT2D eigenvalue weighted by Gasteiger charge is 2.21. The van der Waals surface area contributed by atoms with Crippen molar-refractivity contribution in [3.63, 3.8) is 0 Å². The van der Waals surface area contributed by atoms with Crippen molar-refractivity contribution in [1.82, 2.24) is 4.98 Å². The number of carbonyl (C=O) groups excluding carboxylic acids is 1. The van der Waals surface area contributed by atoms with E-state index in [1.807, 2.05) is 0 Å². The fourth-order valence-electron chi connectivity index (χ4n) is 1.37. The summed E-state index contributed by atoms with van der Waals surface area (Å²) in [5.41, 5.74) is -0.0242. The molecule has 0 N–H and O–H groups in total. The highest BCUT2D eigenvalue weighted by molar-refractivity contribution is 9.10. The first kappa shape index (κ1) is 14.8. The van der Waals surface area contributed by atoms with Gasteiger partial charge in [0.2, 0.25) is 5.88 Å². The number of hydrogen-bond donors (Lipinski definition) is 0. The Kier molecular flexibility index (Phi) is 5.46. The molecular weight excluding hydrogens is 312 g/mol. The van der Waals surface area contributed by atoms with E-state index in [0.717, 1.165) is 6.20 Å². The van der Waals surface area contributed by atoms with Gasteiger partial charge in [0.05, 0.1) is 25.7 Å². The van der Waals surface area contributed by atoms with Gasteiger partial charge >= 0.3 is 5.97 Å². The third kappa shape index (κ3) is 3.38. The lowest BCUT2D eigenvalue weighted by Crippen LogP contribution is -2.10. The van der Waals surface area contributed by atoms with Crippen LogP contribution in [0.5, 0.6) is 5.88 Å². The molecule has 0 radical (unpaired) electrons. The molecule has 100 valence electrons. The molecule has 0 aliphatic rings. The molecule has 4 nitrogen and oxygen atoms in total. The summed E-state index contributed by atoms with van der Waals surface area (Å²) in [4.78, 5) is 15.2. The van der Waals surface area contributed by atoms with Gasteiger partial charge in [-0.1, -0.05) is 0 Å². The Bertz CT molecular complexity index is 441. The third-order valence-electron chi connectivity index (χ3n) is 2.15. The van der Waals surface area contributed by atoms with Gasteiger partial charge in [-0.15, -0.1) is 0 Å². The Morgan fingerprint density at radius 3 is 2.72 bits per heavy atom. The Labute approximate surface area is 111 Å². The minimum Gasteiger partial charge on any atom is -0.481 e. The zero-order valence-corrected chi connectivity index (χ0v) is 11.5. The van der Waals surface area contributed by atoms with Crippen LogP contribution in [0, 0.1) is 0 Å². The first-order valence-electron chi connectivity index (χ1n) is 5.16. The maximum atomic E-state index is 12.7. The molecule has 7 heteroatoms. The average Bonchev–Trinajstić information content (AvgIpc) is 2.31. The zero-order chi connectivity index (χ0) is 13.7. The van der Waals surface area contributed by atoms with Crippen LogP contribution in [0.2, 0.25) is 0 Å². The maximum Gasteiger partial charge on any atom is 0.310 e. The van der Waals surface area contributed by atoms with Gasteiger partial charge in [0.15, 0.2) is 0 Å². The Hall–Kier alpha value is -1.24. The number of methoxy groups -OCH3 is 1. The molecule has 0 unspecified atom stereocenters. The fourth-order valence-corrected chi connectivity index (χ4v) is 1.95. The van der Waals surface area contributed by atoms with Crippen molar-refractivity contribution in [1.29, 1.82) is 0 Å². The number of esters is 1. The Balaban J connectivity index is 3.13. The van der Waals surface area contributed by atoms with E-state index in [4.69, 9.17) is 9.47 Å². The standard InChI is InChI=1S/C11H12BrF2NO3/c1-3-18-8(16)4-6-9(12)7(10(13)14)5-15-11(6)17-2/h5,10H,3-4H2,1-2H3. The van der Waals surface area contributed by atoms with E-state index < -0.39 is 12.4 Å². The van der Waals surface area contributed by atoms with Gasteiger partial charge in [-0.2, -0.15) is 0 Å². The van der Waals surface area contributed by atoms with E-state index in [1.54, 1.807) is 6.92 Å². The minimum atomic E-state index is -2.68. The number of ether oxygens (including phenoxy) is 2. The molecule has 1 rings (SSSR count). The predicted octanol–water partition coefficient (Wildman–Crippen LogP) is 2.90. The number of aromatic nitrogens is 1. The summed E-state index contributed by atoms with van der Waals surface area (Å²) in [6.45, 7) is 1.89. The van der Waals surface area contributed by atoms with Crippen LogP contribution in [-0.2, 0) is 16.0 Å². The Morgan fingerprint density at radius 2 is 2.22 bits per heavy atom. The van der Waals surface area contributed by atoms with E-state index >= 15 is 0 Å². The lowest BCUT2D eigenvalue weighted by Gasteiger charge is -2.12. The van der Waals surface area contributed by atoms with Crippen LogP contribution < -0.4 is 4.74 Å². The van der Waals surface area contributed by atoms with Crippen molar-refractivity contribution in [3.05, 3.63) is 21.8 Å². The average molecular weight is 324 g/mol. The molecule has 0 fully saturated rings. The number of hydrogen-bond acceptors (Lipinski definition) is 4. The highest BCUT2D eigenvalue weighted by Crippen LogP contribution is 2.34. The molecule has 0 spiro atoms. The molecule has 0 atom stereocenters. The fraction of sp³-hybridized carbons (Fsp3) is 0.455. The third-order valence-corrected chi connectivity index (χ3v) is 3.09. The first-order chi connectivity index (χ1) is 8.51. The van der Waals surface area contributed by atoms with E-state index in [1.165, 1.54) is 7.11 Å². The molecule has 0 saturated carbocycles. The molecule has 0 amide bonds. The van der Waals surface area contributed by atoms with Crippen molar-refractivity contribution in [2.75, 3.05) is 13.7 Å². The van der Waals surface area contributed by atoms with E-state index in [2.05, 4.69) is 20.9 Å². The summed E-state index contributed by atoms with van der Waals surface area (Å²) in [6.07, 6.45) is -1.84. The molecule has 0 aliphatic carbocycles. The molecule has 1 heterocycles. The lowest BCUT2D eigenvalue weighted by molar-refractivity contribution is -0.142. The van der Waals surface area contributed by atoms with Crippen LogP contribution in [0.4, 0.5) is 8.78 Å². The monoisotopic (exact) mass is 323 g/mol. The first-order valence-corrected chi connectivity index (χ1v) is 5.95. The summed E-state index contributed by atoms with van der Waals surface area (Å²) >= 11 is 3.05. The summed E-state index contributed by atoms with van der Waals surface area (Å²) in [7, 11) is 1.35. The second kappa shape index (κ2) is 6.63. The van der Waals surface area contributed by atoms with Crippen molar-refractivity contribution in [3.8, 4) is 5.88 Å². The van der Waals surface area contributed by atoms with Crippen LogP contribution in [0.1, 0.15) is 24.5 Å². The number of alkyl halides is 2. The predicted molar refractivity (Wildman–Crippen MR) is 63.8 cm³/mol. The minimum absolute atomic E-state index is 0.123. The highest BCUT2D eigenvalue weighted by atomic mass is 79.9. The quantitative estimate of drug-likeness (QED) is 0.782. The molecule has 1 aromatic heterocycles. The molecule has 1 aromatic rings. The van der Waals surface area contributed by atoms with Crippen molar-refractivity contribution in [2.45, 2.75) is 19.8 Å². The molecule has 0 bridgehead atoms. The topological polar surface area (TPSA) is 48.4 Å². The number of rotatable bonds is 5. The van der Waals surface area contributed by atoms with Gasteiger partial charge < -0.3 is 9.47 Å². The summed E-state index contributed by atoms with van der Waals surface area (Å²) < 4.78 is 35.2. The number of halogens is 3. The largest absolute Gasteiger partial charge is 0.481 e. The molecule has 0 aromatic carbocycles. The van der Waals surface area contributed by atoms with E-state index in [9.17, 15) is 13.6 Å². The van der Waals surface area contributed by atoms with E-state index in [-0.39, 0.29) is 34.5 Å². The van der Waals surface area contributed by atoms with Crippen molar-refractivity contribution >= 4 is 21.9 Å². The lowest BCUT2D eigenvalue weighted by atomic mass is 10.1. The number of pyridine rings is 1. The van der Waals surface area contributed by atoms with Crippen LogP contribution in [0.3, 0.4) is 0 Å². The summed E-state index contributed by atoms with van der Waals surface area (Å²) in [5.74, 6) is -0.399. The maximum absolute atomic E-state index is 12.7. The van der Waals surface area contributed by atoms with Gasteiger partial charge in [-0.3, -0.25) is 4.79 Å². The molecule has 18 heavy (non-hydrogen) atoms. The van der Waals surface area contributed by atoms with Crippen LogP contribution in [-0.4, -0.2) is 24.7 Å². The van der Waals surface area contributed by atoms with E-state index in [0.29, 0.717) is 0 Å². The molecular formula is C11H12BrF2NO3. The molecule has 0 aliphatic heterocycles. The van der Waals surface area contributed by atoms with Crippen molar-refractivity contribution in [2.24, 2.45) is 0 Å². The van der Waals surface area contributed by atoms with Gasteiger partial charge in [0, 0.05) is 16.2 Å². The summed E-state index contributed by atoms with van der Waals surface area (Å²) in [5, 5.41) is 0. The van der Waals surface area contributed by atoms with Gasteiger partial charge in [0.1, 0.15) is 0 Å². The van der Waals surface area contributed by atoms with Gasteiger partial charge in [-0.25, -0.2) is 13.8 Å².